The van der Waals surface area contributed by atoms with Crippen LogP contribution < -0.4 is 14.8 Å². The number of benzene rings is 2. The molecule has 1 N–H and O–H groups in total. The van der Waals surface area contributed by atoms with Crippen molar-refractivity contribution in [3.05, 3.63) is 52.7 Å². The first kappa shape index (κ1) is 18.0. The second-order valence-electron chi connectivity index (χ2n) is 5.39. The third-order valence-corrected chi connectivity index (χ3v) is 3.98. The van der Waals surface area contributed by atoms with Crippen molar-refractivity contribution < 1.29 is 27.5 Å². The number of amides is 1. The van der Waals surface area contributed by atoms with E-state index in [4.69, 9.17) is 20.8 Å². The van der Waals surface area contributed by atoms with Crippen LogP contribution in [0.1, 0.15) is 16.1 Å². The Kier molecular flexibility index (Phi) is 4.99. The van der Waals surface area contributed by atoms with E-state index in [2.05, 4.69) is 10.1 Å². The first-order chi connectivity index (χ1) is 12.4. The van der Waals surface area contributed by atoms with Crippen molar-refractivity contribution in [3.63, 3.8) is 0 Å². The van der Waals surface area contributed by atoms with Crippen molar-refractivity contribution in [2.45, 2.75) is 13.5 Å². The quantitative estimate of drug-likeness (QED) is 0.655. The highest BCUT2D eigenvalue weighted by atomic mass is 35.5. The molecular weight excluding hydrogens is 368 g/mol. The molecule has 0 saturated heterocycles. The average molecular weight is 382 g/mol. The molecule has 1 heterocycles. The number of nitrogens with one attached hydrogen (secondary N) is 1. The van der Waals surface area contributed by atoms with Crippen LogP contribution in [0, 0.1) is 6.92 Å². The van der Waals surface area contributed by atoms with Crippen LogP contribution in [0.15, 0.2) is 40.8 Å². The molecule has 3 rings (SSSR count). The van der Waals surface area contributed by atoms with E-state index in [0.717, 1.165) is 5.39 Å². The van der Waals surface area contributed by atoms with Crippen molar-refractivity contribution in [1.29, 1.82) is 0 Å². The molecule has 1 aromatic heterocycles. The number of ether oxygens (including phenoxy) is 2. The fourth-order valence-corrected chi connectivity index (χ4v) is 2.71. The van der Waals surface area contributed by atoms with E-state index >= 15 is 0 Å². The molecule has 0 saturated carbocycles. The summed E-state index contributed by atoms with van der Waals surface area (Å²) in [6.45, 7) is -1.28. The number of carbonyl (C=O) groups is 1. The highest BCUT2D eigenvalue weighted by molar-refractivity contribution is 6.31. The maximum Gasteiger partial charge on any atom is 0.387 e. The molecule has 0 radical (unpaired) electrons. The Morgan fingerprint density at radius 1 is 1.19 bits per heavy atom. The molecule has 0 unspecified atom stereocenters. The van der Waals surface area contributed by atoms with Crippen molar-refractivity contribution in [1.82, 2.24) is 0 Å². The molecule has 3 aromatic rings. The number of halogens is 3. The van der Waals surface area contributed by atoms with Gasteiger partial charge in [0.1, 0.15) is 5.58 Å². The van der Waals surface area contributed by atoms with Gasteiger partial charge in [0.15, 0.2) is 17.3 Å². The summed E-state index contributed by atoms with van der Waals surface area (Å²) >= 11 is 5.97. The van der Waals surface area contributed by atoms with Gasteiger partial charge >= 0.3 is 6.61 Å². The summed E-state index contributed by atoms with van der Waals surface area (Å²) in [4.78, 5) is 12.5. The number of hydrogen-bond donors (Lipinski definition) is 1. The normalized spacial score (nSPS) is 11.0. The van der Waals surface area contributed by atoms with Crippen molar-refractivity contribution in [2.24, 2.45) is 0 Å². The van der Waals surface area contributed by atoms with Gasteiger partial charge in [0, 0.05) is 27.7 Å². The van der Waals surface area contributed by atoms with Gasteiger partial charge in [0.2, 0.25) is 0 Å². The summed E-state index contributed by atoms with van der Waals surface area (Å²) in [5.41, 5.74) is 1.40. The maximum atomic E-state index is 12.5. The first-order valence-corrected chi connectivity index (χ1v) is 7.89. The molecule has 5 nitrogen and oxygen atoms in total. The minimum absolute atomic E-state index is 0.106. The lowest BCUT2D eigenvalue weighted by Crippen LogP contribution is -2.12. The van der Waals surface area contributed by atoms with Crippen LogP contribution in [0.2, 0.25) is 5.02 Å². The lowest BCUT2D eigenvalue weighted by atomic mass is 10.1. The SMILES string of the molecule is COc1ccc(NC(=O)c2oc3ccc(Cl)cc3c2C)cc1OC(F)F. The highest BCUT2D eigenvalue weighted by Gasteiger charge is 2.19. The Bertz CT molecular complexity index is 971. The molecule has 136 valence electrons. The van der Waals surface area contributed by atoms with E-state index in [0.29, 0.717) is 16.2 Å². The second kappa shape index (κ2) is 7.21. The molecule has 0 fully saturated rings. The van der Waals surface area contributed by atoms with Crippen molar-refractivity contribution >= 4 is 34.2 Å². The molecule has 26 heavy (non-hydrogen) atoms. The Balaban J connectivity index is 1.89. The summed E-state index contributed by atoms with van der Waals surface area (Å²) in [7, 11) is 1.33. The lowest BCUT2D eigenvalue weighted by molar-refractivity contribution is -0.0511. The molecule has 0 bridgehead atoms. The van der Waals surface area contributed by atoms with Crippen LogP contribution in [0.25, 0.3) is 11.0 Å². The molecule has 0 aliphatic rings. The smallest absolute Gasteiger partial charge is 0.387 e. The summed E-state index contributed by atoms with van der Waals surface area (Å²) in [6, 6.07) is 9.20. The van der Waals surface area contributed by atoms with Crippen LogP contribution >= 0.6 is 11.6 Å². The number of rotatable bonds is 5. The predicted octanol–water partition coefficient (Wildman–Crippen LogP) is 5.26. The van der Waals surface area contributed by atoms with Crippen LogP contribution in [0.3, 0.4) is 0 Å². The fraction of sp³-hybridized carbons (Fsp3) is 0.167. The fourth-order valence-electron chi connectivity index (χ4n) is 2.54. The molecule has 0 spiro atoms. The summed E-state index contributed by atoms with van der Waals surface area (Å²) in [5, 5.41) is 3.84. The molecule has 8 heteroatoms. The second-order valence-corrected chi connectivity index (χ2v) is 5.83. The van der Waals surface area contributed by atoms with Crippen LogP contribution in [0.5, 0.6) is 11.5 Å². The van der Waals surface area contributed by atoms with E-state index in [1.54, 1.807) is 25.1 Å². The zero-order valence-electron chi connectivity index (χ0n) is 13.8. The molecule has 2 aromatic carbocycles. The minimum atomic E-state index is -3.02. The van der Waals surface area contributed by atoms with Crippen LogP contribution in [-0.4, -0.2) is 19.6 Å². The highest BCUT2D eigenvalue weighted by Crippen LogP contribution is 2.32. The topological polar surface area (TPSA) is 60.7 Å². The Morgan fingerprint density at radius 3 is 2.65 bits per heavy atom. The van der Waals surface area contributed by atoms with Gasteiger partial charge in [-0.25, -0.2) is 0 Å². The van der Waals surface area contributed by atoms with Gasteiger partial charge in [-0.3, -0.25) is 4.79 Å². The summed E-state index contributed by atoms with van der Waals surface area (Å²) < 4.78 is 40.0. The van der Waals surface area contributed by atoms with E-state index in [-0.39, 0.29) is 22.9 Å². The Hall–Kier alpha value is -2.80. The standard InChI is InChI=1S/C18H14ClF2NO4/c1-9-12-7-10(19)3-5-13(12)25-16(9)17(23)22-11-4-6-14(24-2)15(8-11)26-18(20)21/h3-8,18H,1-2H3,(H,22,23). The minimum Gasteiger partial charge on any atom is -0.493 e. The summed E-state index contributed by atoms with van der Waals surface area (Å²) in [5.74, 6) is -0.483. The maximum absolute atomic E-state index is 12.5. The zero-order valence-corrected chi connectivity index (χ0v) is 14.6. The number of anilines is 1. The Morgan fingerprint density at radius 2 is 1.96 bits per heavy atom. The van der Waals surface area contributed by atoms with Gasteiger partial charge in [-0.2, -0.15) is 8.78 Å². The van der Waals surface area contributed by atoms with Crippen molar-refractivity contribution in [3.8, 4) is 11.5 Å². The van der Waals surface area contributed by atoms with Gasteiger partial charge in [-0.15, -0.1) is 0 Å². The average Bonchev–Trinajstić information content (AvgIpc) is 2.91. The third-order valence-electron chi connectivity index (χ3n) is 3.74. The molecule has 1 amide bonds. The number of alkyl halides is 2. The lowest BCUT2D eigenvalue weighted by Gasteiger charge is -2.12. The van der Waals surface area contributed by atoms with Gasteiger partial charge in [-0.1, -0.05) is 11.6 Å². The van der Waals surface area contributed by atoms with Gasteiger partial charge in [0.25, 0.3) is 5.91 Å². The number of furan rings is 1. The molecule has 0 atom stereocenters. The van der Waals surface area contributed by atoms with Crippen molar-refractivity contribution in [2.75, 3.05) is 12.4 Å². The van der Waals surface area contributed by atoms with Gasteiger partial charge < -0.3 is 19.2 Å². The Labute approximate surface area is 152 Å². The first-order valence-electron chi connectivity index (χ1n) is 7.52. The van der Waals surface area contributed by atoms with E-state index < -0.39 is 12.5 Å². The van der Waals surface area contributed by atoms with Gasteiger partial charge in [-0.05, 0) is 37.3 Å². The third kappa shape index (κ3) is 3.57. The van der Waals surface area contributed by atoms with Crippen LogP contribution in [-0.2, 0) is 0 Å². The largest absolute Gasteiger partial charge is 0.493 e. The number of aryl methyl sites for hydroxylation is 1. The number of methoxy groups -OCH3 is 1. The summed E-state index contributed by atoms with van der Waals surface area (Å²) in [6.07, 6.45) is 0. The van der Waals surface area contributed by atoms with E-state index in [9.17, 15) is 13.6 Å². The number of carbonyl (C=O) groups excluding carboxylic acids is 1. The van der Waals surface area contributed by atoms with E-state index in [1.165, 1.54) is 25.3 Å². The molecular formula is C18H14ClF2NO4. The molecule has 0 aliphatic carbocycles. The number of fused-ring (bicyclic) bond motifs is 1. The number of hydrogen-bond acceptors (Lipinski definition) is 4. The monoisotopic (exact) mass is 381 g/mol. The van der Waals surface area contributed by atoms with Gasteiger partial charge in [0.05, 0.1) is 7.11 Å². The van der Waals surface area contributed by atoms with Crippen LogP contribution in [0.4, 0.5) is 14.5 Å². The zero-order chi connectivity index (χ0) is 18.8. The molecule has 0 aliphatic heterocycles. The van der Waals surface area contributed by atoms with E-state index in [1.807, 2.05) is 0 Å². The predicted molar refractivity (Wildman–Crippen MR) is 93.5 cm³/mol.